The van der Waals surface area contributed by atoms with E-state index >= 15 is 0 Å². The Morgan fingerprint density at radius 1 is 1.42 bits per heavy atom. The van der Waals surface area contributed by atoms with Crippen LogP contribution in [0.5, 0.6) is 0 Å². The standard InChI is InChI=1S/C14H20N4O/c1-8-4-10(14(15)16)5-13(17-8)18-6-9-2-3-12(19)11(9)7-18/h4-5,9,11-12,19H,2-3,6-7H2,1H3,(H3,15,16). The lowest BCUT2D eigenvalue weighted by molar-refractivity contribution is 0.133. The molecule has 1 aromatic rings. The van der Waals surface area contributed by atoms with Crippen LogP contribution in [0.25, 0.3) is 0 Å². The number of rotatable bonds is 2. The lowest BCUT2D eigenvalue weighted by Gasteiger charge is -2.20. The maximum absolute atomic E-state index is 9.96. The summed E-state index contributed by atoms with van der Waals surface area (Å²) in [6, 6.07) is 3.71. The van der Waals surface area contributed by atoms with E-state index in [2.05, 4.69) is 9.88 Å². The van der Waals surface area contributed by atoms with Crippen molar-refractivity contribution in [2.75, 3.05) is 18.0 Å². The van der Waals surface area contributed by atoms with Crippen molar-refractivity contribution in [3.63, 3.8) is 0 Å². The summed E-state index contributed by atoms with van der Waals surface area (Å²) in [5.74, 6) is 1.92. The highest BCUT2D eigenvalue weighted by atomic mass is 16.3. The summed E-state index contributed by atoms with van der Waals surface area (Å²) in [5.41, 5.74) is 7.16. The average molecular weight is 260 g/mol. The Morgan fingerprint density at radius 3 is 2.89 bits per heavy atom. The quantitative estimate of drug-likeness (QED) is 0.544. The van der Waals surface area contributed by atoms with Gasteiger partial charge in [-0.25, -0.2) is 4.98 Å². The molecule has 0 amide bonds. The zero-order chi connectivity index (χ0) is 13.6. The monoisotopic (exact) mass is 260 g/mol. The molecule has 4 N–H and O–H groups in total. The highest BCUT2D eigenvalue weighted by Gasteiger charge is 2.42. The molecule has 19 heavy (non-hydrogen) atoms. The predicted octanol–water partition coefficient (Wildman–Crippen LogP) is 0.881. The van der Waals surface area contributed by atoms with E-state index in [1.165, 1.54) is 0 Å². The Hall–Kier alpha value is -1.62. The number of aliphatic hydroxyl groups excluding tert-OH is 1. The van der Waals surface area contributed by atoms with E-state index < -0.39 is 0 Å². The molecule has 1 aromatic heterocycles. The summed E-state index contributed by atoms with van der Waals surface area (Å²) < 4.78 is 0. The van der Waals surface area contributed by atoms with Gasteiger partial charge in [0.2, 0.25) is 0 Å². The van der Waals surface area contributed by atoms with Gasteiger partial charge in [0.1, 0.15) is 11.7 Å². The molecule has 1 aliphatic carbocycles. The second kappa shape index (κ2) is 4.49. The summed E-state index contributed by atoms with van der Waals surface area (Å²) in [7, 11) is 0. The predicted molar refractivity (Wildman–Crippen MR) is 74.4 cm³/mol. The van der Waals surface area contributed by atoms with Crippen LogP contribution in [0.2, 0.25) is 0 Å². The first-order valence-corrected chi connectivity index (χ1v) is 6.80. The smallest absolute Gasteiger partial charge is 0.129 e. The number of aromatic nitrogens is 1. The first-order valence-electron chi connectivity index (χ1n) is 6.80. The van der Waals surface area contributed by atoms with Crippen molar-refractivity contribution < 1.29 is 5.11 Å². The number of hydrogen-bond donors (Lipinski definition) is 3. The molecule has 3 rings (SSSR count). The van der Waals surface area contributed by atoms with Crippen molar-refractivity contribution in [2.24, 2.45) is 17.6 Å². The number of nitrogens with one attached hydrogen (secondary N) is 1. The van der Waals surface area contributed by atoms with Crippen LogP contribution < -0.4 is 10.6 Å². The van der Waals surface area contributed by atoms with Crippen LogP contribution >= 0.6 is 0 Å². The van der Waals surface area contributed by atoms with Crippen molar-refractivity contribution in [2.45, 2.75) is 25.9 Å². The number of aliphatic hydroxyl groups is 1. The number of nitrogens with zero attached hydrogens (tertiary/aromatic N) is 2. The van der Waals surface area contributed by atoms with E-state index in [9.17, 15) is 5.11 Å². The normalized spacial score (nSPS) is 29.6. The molecule has 3 unspecified atom stereocenters. The van der Waals surface area contributed by atoms with Crippen LogP contribution in [0, 0.1) is 24.2 Å². The molecular formula is C14H20N4O. The van der Waals surface area contributed by atoms with Crippen LogP contribution in [0.15, 0.2) is 12.1 Å². The third kappa shape index (κ3) is 2.18. The second-order valence-corrected chi connectivity index (χ2v) is 5.74. The lowest BCUT2D eigenvalue weighted by atomic mass is 10.00. The van der Waals surface area contributed by atoms with Crippen molar-refractivity contribution in [3.05, 3.63) is 23.4 Å². The van der Waals surface area contributed by atoms with E-state index in [1.54, 1.807) is 0 Å². The minimum atomic E-state index is -0.160. The number of nitrogen functional groups attached to an aromatic ring is 1. The first kappa shape index (κ1) is 12.4. The van der Waals surface area contributed by atoms with E-state index in [0.29, 0.717) is 11.8 Å². The molecule has 0 aromatic carbocycles. The number of nitrogens with two attached hydrogens (primary N) is 1. The molecule has 102 valence electrons. The summed E-state index contributed by atoms with van der Waals surface area (Å²) in [6.45, 7) is 3.73. The van der Waals surface area contributed by atoms with E-state index in [0.717, 1.165) is 43.0 Å². The van der Waals surface area contributed by atoms with Crippen LogP contribution in [0.4, 0.5) is 5.82 Å². The molecule has 1 saturated carbocycles. The number of pyridine rings is 1. The molecule has 0 spiro atoms. The Morgan fingerprint density at radius 2 is 2.21 bits per heavy atom. The molecule has 2 fully saturated rings. The Balaban J connectivity index is 1.86. The van der Waals surface area contributed by atoms with Crippen LogP contribution in [0.3, 0.4) is 0 Å². The summed E-state index contributed by atoms with van der Waals surface area (Å²) in [4.78, 5) is 6.76. The maximum Gasteiger partial charge on any atom is 0.129 e. The van der Waals surface area contributed by atoms with Gasteiger partial charge in [-0.3, -0.25) is 5.41 Å². The Bertz CT molecular complexity index is 516. The molecule has 5 heteroatoms. The minimum Gasteiger partial charge on any atom is -0.393 e. The molecule has 5 nitrogen and oxygen atoms in total. The topological polar surface area (TPSA) is 86.2 Å². The van der Waals surface area contributed by atoms with E-state index in [4.69, 9.17) is 11.1 Å². The van der Waals surface area contributed by atoms with Crippen molar-refractivity contribution >= 4 is 11.7 Å². The third-order valence-corrected chi connectivity index (χ3v) is 4.39. The molecule has 1 aliphatic heterocycles. The van der Waals surface area contributed by atoms with Gasteiger partial charge in [-0.2, -0.15) is 0 Å². The van der Waals surface area contributed by atoms with Gasteiger partial charge in [0.15, 0.2) is 0 Å². The molecular weight excluding hydrogens is 240 g/mol. The van der Waals surface area contributed by atoms with Gasteiger partial charge >= 0.3 is 0 Å². The van der Waals surface area contributed by atoms with E-state index in [1.807, 2.05) is 19.1 Å². The van der Waals surface area contributed by atoms with Crippen LogP contribution in [-0.4, -0.2) is 35.1 Å². The van der Waals surface area contributed by atoms with Gasteiger partial charge in [0.25, 0.3) is 0 Å². The third-order valence-electron chi connectivity index (χ3n) is 4.39. The Kier molecular flexibility index (Phi) is 2.93. The van der Waals surface area contributed by atoms with E-state index in [-0.39, 0.29) is 11.9 Å². The van der Waals surface area contributed by atoms with Gasteiger partial charge < -0.3 is 15.7 Å². The minimum absolute atomic E-state index is 0.0752. The average Bonchev–Trinajstić information content (AvgIpc) is 2.91. The second-order valence-electron chi connectivity index (χ2n) is 5.74. The van der Waals surface area contributed by atoms with Gasteiger partial charge in [-0.1, -0.05) is 0 Å². The molecule has 0 radical (unpaired) electrons. The number of anilines is 1. The zero-order valence-electron chi connectivity index (χ0n) is 11.1. The summed E-state index contributed by atoms with van der Waals surface area (Å²) in [6.07, 6.45) is 1.88. The lowest BCUT2D eigenvalue weighted by Crippen LogP contribution is -2.26. The fourth-order valence-corrected chi connectivity index (χ4v) is 3.39. The molecule has 1 saturated heterocycles. The fraction of sp³-hybridized carbons (Fsp3) is 0.571. The van der Waals surface area contributed by atoms with Crippen molar-refractivity contribution in [1.29, 1.82) is 5.41 Å². The number of fused-ring (bicyclic) bond motifs is 1. The van der Waals surface area contributed by atoms with Crippen LogP contribution in [0.1, 0.15) is 24.1 Å². The largest absolute Gasteiger partial charge is 0.393 e. The molecule has 2 aliphatic rings. The number of hydrogen-bond acceptors (Lipinski definition) is 4. The maximum atomic E-state index is 9.96. The molecule has 0 bridgehead atoms. The highest BCUT2D eigenvalue weighted by molar-refractivity contribution is 5.95. The van der Waals surface area contributed by atoms with Crippen LogP contribution in [-0.2, 0) is 0 Å². The summed E-state index contributed by atoms with van der Waals surface area (Å²) >= 11 is 0. The number of aryl methyl sites for hydroxylation is 1. The fourth-order valence-electron chi connectivity index (χ4n) is 3.39. The SMILES string of the molecule is Cc1cc(C(=N)N)cc(N2CC3CCC(O)C3C2)n1. The molecule has 3 atom stereocenters. The van der Waals surface area contributed by atoms with Gasteiger partial charge in [0, 0.05) is 30.3 Å². The van der Waals surface area contributed by atoms with Crippen molar-refractivity contribution in [1.82, 2.24) is 4.98 Å². The van der Waals surface area contributed by atoms with Gasteiger partial charge in [0.05, 0.1) is 6.10 Å². The Labute approximate surface area is 113 Å². The number of amidine groups is 1. The highest BCUT2D eigenvalue weighted by Crippen LogP contribution is 2.39. The van der Waals surface area contributed by atoms with Gasteiger partial charge in [-0.15, -0.1) is 0 Å². The first-order chi connectivity index (χ1) is 9.04. The van der Waals surface area contributed by atoms with Gasteiger partial charge in [-0.05, 0) is 37.8 Å². The van der Waals surface area contributed by atoms with Crippen molar-refractivity contribution in [3.8, 4) is 0 Å². The summed E-state index contributed by atoms with van der Waals surface area (Å²) in [5, 5.41) is 17.5. The zero-order valence-corrected chi connectivity index (χ0v) is 11.1. The molecule has 2 heterocycles.